The molecule has 1 fully saturated rings. The predicted octanol–water partition coefficient (Wildman–Crippen LogP) is 3.83. The topological polar surface area (TPSA) is 82.1 Å². The molecule has 7 heteroatoms. The van der Waals surface area contributed by atoms with Crippen LogP contribution in [0.25, 0.3) is 10.9 Å². The monoisotopic (exact) mass is 422 g/mol. The molecule has 2 aromatic carbocycles. The first-order valence-electron chi connectivity index (χ1n) is 10.7. The van der Waals surface area contributed by atoms with Crippen LogP contribution in [0.2, 0.25) is 0 Å². The van der Waals surface area contributed by atoms with Crippen molar-refractivity contribution in [2.75, 3.05) is 40.4 Å². The fraction of sp³-hybridized carbons (Fsp3) is 0.375. The van der Waals surface area contributed by atoms with Gasteiger partial charge in [0.1, 0.15) is 0 Å². The van der Waals surface area contributed by atoms with Gasteiger partial charge in [-0.1, -0.05) is 19.1 Å². The number of aromatic amines is 1. The lowest BCUT2D eigenvalue weighted by Crippen LogP contribution is -2.42. The molecule has 0 aliphatic carbocycles. The number of fused-ring (bicyclic) bond motifs is 1. The largest absolute Gasteiger partial charge is 0.494 e. The van der Waals surface area contributed by atoms with E-state index < -0.39 is 0 Å². The SMILES string of the molecule is CCC(=Nc1ccc(CN2CCNCC2)cc1)c1c(O)[nH]c2cc(OC)c(OC)cc12. The lowest BCUT2D eigenvalue weighted by molar-refractivity contribution is 0.233. The molecule has 3 N–H and O–H groups in total. The van der Waals surface area contributed by atoms with Crippen molar-refractivity contribution in [3.63, 3.8) is 0 Å². The summed E-state index contributed by atoms with van der Waals surface area (Å²) in [7, 11) is 3.20. The van der Waals surface area contributed by atoms with Crippen molar-refractivity contribution in [3.05, 3.63) is 47.5 Å². The maximum absolute atomic E-state index is 10.6. The Morgan fingerprint density at radius 3 is 2.39 bits per heavy atom. The minimum Gasteiger partial charge on any atom is -0.494 e. The average Bonchev–Trinajstić information content (AvgIpc) is 3.12. The Kier molecular flexibility index (Phi) is 6.44. The van der Waals surface area contributed by atoms with Crippen molar-refractivity contribution >= 4 is 22.3 Å². The fourth-order valence-corrected chi connectivity index (χ4v) is 4.07. The van der Waals surface area contributed by atoms with Gasteiger partial charge in [0.05, 0.1) is 36.7 Å². The van der Waals surface area contributed by atoms with Crippen LogP contribution in [-0.4, -0.2) is 61.1 Å². The Labute approximate surface area is 182 Å². The molecule has 0 atom stereocenters. The van der Waals surface area contributed by atoms with E-state index in [4.69, 9.17) is 14.5 Å². The van der Waals surface area contributed by atoms with Gasteiger partial charge in [-0.15, -0.1) is 0 Å². The number of nitrogens with zero attached hydrogens (tertiary/aromatic N) is 2. The van der Waals surface area contributed by atoms with E-state index in [0.717, 1.165) is 55.0 Å². The lowest BCUT2D eigenvalue weighted by Gasteiger charge is -2.27. The summed E-state index contributed by atoms with van der Waals surface area (Å²) in [6.45, 7) is 7.25. The van der Waals surface area contributed by atoms with E-state index in [1.165, 1.54) is 5.56 Å². The van der Waals surface area contributed by atoms with Crippen LogP contribution in [0.5, 0.6) is 17.4 Å². The molecule has 0 amide bonds. The number of hydrogen-bond acceptors (Lipinski definition) is 6. The number of H-pyrrole nitrogens is 1. The molecule has 1 aliphatic heterocycles. The summed E-state index contributed by atoms with van der Waals surface area (Å²) in [5.41, 5.74) is 4.44. The van der Waals surface area contributed by atoms with Crippen LogP contribution >= 0.6 is 0 Å². The third-order valence-electron chi connectivity index (χ3n) is 5.72. The Morgan fingerprint density at radius 2 is 1.74 bits per heavy atom. The normalized spacial score (nSPS) is 15.4. The zero-order valence-corrected chi connectivity index (χ0v) is 18.4. The smallest absolute Gasteiger partial charge is 0.198 e. The maximum Gasteiger partial charge on any atom is 0.198 e. The average molecular weight is 423 g/mol. The lowest BCUT2D eigenvalue weighted by atomic mass is 10.1. The summed E-state index contributed by atoms with van der Waals surface area (Å²) in [6.07, 6.45) is 0.678. The predicted molar refractivity (Wildman–Crippen MR) is 124 cm³/mol. The third-order valence-corrected chi connectivity index (χ3v) is 5.72. The highest BCUT2D eigenvalue weighted by Gasteiger charge is 2.19. The van der Waals surface area contributed by atoms with E-state index in [-0.39, 0.29) is 5.88 Å². The number of benzene rings is 2. The molecule has 0 radical (unpaired) electrons. The fourth-order valence-electron chi connectivity index (χ4n) is 4.07. The minimum atomic E-state index is 0.0984. The van der Waals surface area contributed by atoms with E-state index in [1.807, 2.05) is 31.2 Å². The number of ether oxygens (including phenoxy) is 2. The van der Waals surface area contributed by atoms with Gasteiger partial charge >= 0.3 is 0 Å². The second kappa shape index (κ2) is 9.41. The van der Waals surface area contributed by atoms with Crippen LogP contribution in [0, 0.1) is 0 Å². The number of methoxy groups -OCH3 is 2. The second-order valence-electron chi connectivity index (χ2n) is 7.71. The molecule has 0 bridgehead atoms. The zero-order chi connectivity index (χ0) is 21.8. The van der Waals surface area contributed by atoms with E-state index in [2.05, 4.69) is 27.3 Å². The van der Waals surface area contributed by atoms with Crippen LogP contribution in [0.15, 0.2) is 41.4 Å². The maximum atomic E-state index is 10.6. The minimum absolute atomic E-state index is 0.0984. The third kappa shape index (κ3) is 4.52. The standard InChI is InChI=1S/C24H30N4O3/c1-4-19(23-18-13-21(30-2)22(31-3)14-20(18)27-24(23)29)26-17-7-5-16(6-8-17)15-28-11-9-25-10-12-28/h5-8,13-14,25,27,29H,4,9-12,15H2,1-3H3. The summed E-state index contributed by atoms with van der Waals surface area (Å²) in [6, 6.07) is 12.1. The Morgan fingerprint density at radius 1 is 1.06 bits per heavy atom. The summed E-state index contributed by atoms with van der Waals surface area (Å²) < 4.78 is 10.8. The quantitative estimate of drug-likeness (QED) is 0.504. The first kappa shape index (κ1) is 21.2. The van der Waals surface area contributed by atoms with Crippen LogP contribution in [0.3, 0.4) is 0 Å². The molecule has 2 heterocycles. The highest BCUT2D eigenvalue weighted by Crippen LogP contribution is 2.37. The highest BCUT2D eigenvalue weighted by atomic mass is 16.5. The number of aromatic hydroxyl groups is 1. The molecule has 31 heavy (non-hydrogen) atoms. The van der Waals surface area contributed by atoms with E-state index in [1.54, 1.807) is 14.2 Å². The first-order chi connectivity index (χ1) is 15.1. The van der Waals surface area contributed by atoms with Gasteiger partial charge in [-0.25, -0.2) is 0 Å². The second-order valence-corrected chi connectivity index (χ2v) is 7.71. The highest BCUT2D eigenvalue weighted by molar-refractivity contribution is 6.14. The molecule has 7 nitrogen and oxygen atoms in total. The van der Waals surface area contributed by atoms with Crippen molar-refractivity contribution in [2.24, 2.45) is 4.99 Å². The van der Waals surface area contributed by atoms with Gasteiger partial charge in [0.2, 0.25) is 0 Å². The van der Waals surface area contributed by atoms with E-state index in [0.29, 0.717) is 23.5 Å². The van der Waals surface area contributed by atoms with Gasteiger partial charge in [0.15, 0.2) is 17.4 Å². The van der Waals surface area contributed by atoms with Crippen LogP contribution in [-0.2, 0) is 6.54 Å². The number of aromatic nitrogens is 1. The number of piperazine rings is 1. The first-order valence-corrected chi connectivity index (χ1v) is 10.7. The van der Waals surface area contributed by atoms with E-state index >= 15 is 0 Å². The van der Waals surface area contributed by atoms with Gasteiger partial charge in [0, 0.05) is 44.2 Å². The van der Waals surface area contributed by atoms with Gasteiger partial charge < -0.3 is 24.9 Å². The van der Waals surface area contributed by atoms with Crippen LogP contribution < -0.4 is 14.8 Å². The number of rotatable bonds is 7. The van der Waals surface area contributed by atoms with Crippen molar-refractivity contribution < 1.29 is 14.6 Å². The van der Waals surface area contributed by atoms with Crippen LogP contribution in [0.1, 0.15) is 24.5 Å². The van der Waals surface area contributed by atoms with Gasteiger partial charge in [0.25, 0.3) is 0 Å². The van der Waals surface area contributed by atoms with Gasteiger partial charge in [-0.2, -0.15) is 0 Å². The molecule has 0 unspecified atom stereocenters. The molecular formula is C24H30N4O3. The summed E-state index contributed by atoms with van der Waals surface area (Å²) in [5.74, 6) is 1.32. The molecule has 3 aromatic rings. The summed E-state index contributed by atoms with van der Waals surface area (Å²) in [5, 5.41) is 14.9. The number of hydrogen-bond donors (Lipinski definition) is 3. The van der Waals surface area contributed by atoms with Gasteiger partial charge in [-0.3, -0.25) is 9.89 Å². The molecule has 1 aliphatic rings. The van der Waals surface area contributed by atoms with Crippen molar-refractivity contribution in [2.45, 2.75) is 19.9 Å². The zero-order valence-electron chi connectivity index (χ0n) is 18.4. The molecular weight excluding hydrogens is 392 g/mol. The van der Waals surface area contributed by atoms with Crippen molar-refractivity contribution in [3.8, 4) is 17.4 Å². The number of nitrogens with one attached hydrogen (secondary N) is 2. The van der Waals surface area contributed by atoms with Gasteiger partial charge in [-0.05, 0) is 30.2 Å². The van der Waals surface area contributed by atoms with Crippen LogP contribution in [0.4, 0.5) is 5.69 Å². The van der Waals surface area contributed by atoms with E-state index in [9.17, 15) is 5.11 Å². The molecule has 0 saturated carbocycles. The summed E-state index contributed by atoms with van der Waals surface area (Å²) >= 11 is 0. The Balaban J connectivity index is 1.63. The molecule has 164 valence electrons. The van der Waals surface area contributed by atoms with Crippen molar-refractivity contribution in [1.29, 1.82) is 0 Å². The molecule has 4 rings (SSSR count). The molecule has 0 spiro atoms. The summed E-state index contributed by atoms with van der Waals surface area (Å²) in [4.78, 5) is 10.4. The molecule has 1 saturated heterocycles. The Bertz CT molecular complexity index is 1070. The Hall–Kier alpha value is -3.03. The van der Waals surface area contributed by atoms with Crippen molar-refractivity contribution in [1.82, 2.24) is 15.2 Å². The number of aliphatic imine (C=N–C) groups is 1. The molecule has 1 aromatic heterocycles.